The van der Waals surface area contributed by atoms with Crippen molar-refractivity contribution in [3.05, 3.63) is 45.4 Å². The molecule has 1 N–H and O–H groups in total. The van der Waals surface area contributed by atoms with Gasteiger partial charge in [0.2, 0.25) is 0 Å². The first kappa shape index (κ1) is 13.6. The summed E-state index contributed by atoms with van der Waals surface area (Å²) < 4.78 is 5.91. The van der Waals surface area contributed by atoms with E-state index in [1.807, 2.05) is 18.2 Å². The van der Waals surface area contributed by atoms with Gasteiger partial charge in [-0.25, -0.2) is 4.98 Å². The fraction of sp³-hybridized carbons (Fsp3) is 0.438. The Labute approximate surface area is 123 Å². The second-order valence-electron chi connectivity index (χ2n) is 5.15. The van der Waals surface area contributed by atoms with Crippen molar-refractivity contribution in [1.82, 2.24) is 4.98 Å². The van der Waals surface area contributed by atoms with Gasteiger partial charge in [0.05, 0.1) is 16.8 Å². The fourth-order valence-corrected chi connectivity index (χ4v) is 3.51. The monoisotopic (exact) mass is 289 g/mol. The van der Waals surface area contributed by atoms with Crippen LogP contribution in [0, 0.1) is 0 Å². The predicted molar refractivity (Wildman–Crippen MR) is 80.2 cm³/mol. The van der Waals surface area contributed by atoms with Crippen molar-refractivity contribution in [3.63, 3.8) is 0 Å². The van der Waals surface area contributed by atoms with Gasteiger partial charge in [0.1, 0.15) is 12.4 Å². The molecule has 2 aromatic rings. The molecule has 0 aliphatic heterocycles. The summed E-state index contributed by atoms with van der Waals surface area (Å²) in [6.07, 6.45) is 3.52. The number of ether oxygens (including phenoxy) is 1. The standard InChI is InChI=1S/C16H19NO2S/c1-2-4-16-17-11(10-20-16)9-19-15-6-3-5-12-13(15)7-8-14(12)18/h3,5-6,10,14,18H,2,4,7-9H2,1H3. The van der Waals surface area contributed by atoms with Crippen LogP contribution in [0.4, 0.5) is 0 Å². The van der Waals surface area contributed by atoms with Crippen molar-refractivity contribution in [3.8, 4) is 5.75 Å². The van der Waals surface area contributed by atoms with Crippen LogP contribution in [-0.2, 0) is 19.4 Å². The topological polar surface area (TPSA) is 42.4 Å². The smallest absolute Gasteiger partial charge is 0.131 e. The number of aryl methyl sites for hydroxylation is 1. The van der Waals surface area contributed by atoms with E-state index in [0.717, 1.165) is 48.3 Å². The van der Waals surface area contributed by atoms with E-state index in [-0.39, 0.29) is 6.10 Å². The van der Waals surface area contributed by atoms with Crippen LogP contribution in [-0.4, -0.2) is 10.1 Å². The summed E-state index contributed by atoms with van der Waals surface area (Å²) in [4.78, 5) is 4.57. The lowest BCUT2D eigenvalue weighted by atomic mass is 10.1. The number of aliphatic hydroxyl groups is 1. The number of hydrogen-bond donors (Lipinski definition) is 1. The molecule has 0 bridgehead atoms. The average Bonchev–Trinajstić information content (AvgIpc) is 3.05. The van der Waals surface area contributed by atoms with Gasteiger partial charge in [-0.3, -0.25) is 0 Å². The Kier molecular flexibility index (Phi) is 4.03. The van der Waals surface area contributed by atoms with Crippen LogP contribution in [0.1, 0.15) is 47.7 Å². The number of hydrogen-bond acceptors (Lipinski definition) is 4. The molecule has 1 aliphatic carbocycles. The molecule has 1 heterocycles. The van der Waals surface area contributed by atoms with Crippen LogP contribution in [0.15, 0.2) is 23.6 Å². The molecule has 20 heavy (non-hydrogen) atoms. The predicted octanol–water partition coefficient (Wildman–Crippen LogP) is 3.65. The minimum Gasteiger partial charge on any atom is -0.487 e. The third-order valence-corrected chi connectivity index (χ3v) is 4.59. The first-order valence-corrected chi connectivity index (χ1v) is 8.02. The van der Waals surface area contributed by atoms with Crippen LogP contribution in [0.3, 0.4) is 0 Å². The number of fused-ring (bicyclic) bond motifs is 1. The number of nitrogens with zero attached hydrogens (tertiary/aromatic N) is 1. The van der Waals surface area contributed by atoms with Gasteiger partial charge < -0.3 is 9.84 Å². The maximum Gasteiger partial charge on any atom is 0.131 e. The molecule has 1 unspecified atom stereocenters. The highest BCUT2D eigenvalue weighted by Crippen LogP contribution is 2.36. The first-order valence-electron chi connectivity index (χ1n) is 7.14. The van der Waals surface area contributed by atoms with Crippen LogP contribution in [0.25, 0.3) is 0 Å². The maximum atomic E-state index is 9.89. The molecule has 0 spiro atoms. The zero-order valence-electron chi connectivity index (χ0n) is 11.6. The third kappa shape index (κ3) is 2.72. The van der Waals surface area contributed by atoms with Crippen molar-refractivity contribution < 1.29 is 9.84 Å². The number of thiazole rings is 1. The van der Waals surface area contributed by atoms with Gasteiger partial charge in [0, 0.05) is 10.9 Å². The Balaban J connectivity index is 1.69. The average molecular weight is 289 g/mol. The second-order valence-corrected chi connectivity index (χ2v) is 6.09. The molecule has 1 atom stereocenters. The number of aromatic nitrogens is 1. The molecule has 1 aromatic heterocycles. The van der Waals surface area contributed by atoms with Gasteiger partial charge in [-0.1, -0.05) is 19.1 Å². The zero-order valence-corrected chi connectivity index (χ0v) is 12.4. The largest absolute Gasteiger partial charge is 0.487 e. The Morgan fingerprint density at radius 1 is 1.45 bits per heavy atom. The molecule has 0 fully saturated rings. The summed E-state index contributed by atoms with van der Waals surface area (Å²) in [7, 11) is 0. The summed E-state index contributed by atoms with van der Waals surface area (Å²) in [6, 6.07) is 5.92. The van der Waals surface area contributed by atoms with E-state index >= 15 is 0 Å². The van der Waals surface area contributed by atoms with Crippen LogP contribution >= 0.6 is 11.3 Å². The highest BCUT2D eigenvalue weighted by atomic mass is 32.1. The van der Waals surface area contributed by atoms with Gasteiger partial charge in [-0.05, 0) is 37.3 Å². The van der Waals surface area contributed by atoms with Gasteiger partial charge in [0.25, 0.3) is 0 Å². The van der Waals surface area contributed by atoms with Gasteiger partial charge in [-0.2, -0.15) is 0 Å². The molecule has 1 aliphatic rings. The van der Waals surface area contributed by atoms with E-state index in [9.17, 15) is 5.11 Å². The van der Waals surface area contributed by atoms with Gasteiger partial charge in [0.15, 0.2) is 0 Å². The highest BCUT2D eigenvalue weighted by molar-refractivity contribution is 7.09. The quantitative estimate of drug-likeness (QED) is 0.913. The fourth-order valence-electron chi connectivity index (χ4n) is 2.63. The van der Waals surface area contributed by atoms with Crippen molar-refractivity contribution in [2.45, 2.75) is 45.3 Å². The van der Waals surface area contributed by atoms with Crippen LogP contribution in [0.5, 0.6) is 5.75 Å². The maximum absolute atomic E-state index is 9.89. The molecule has 0 saturated heterocycles. The minimum absolute atomic E-state index is 0.330. The van der Waals surface area contributed by atoms with E-state index in [1.54, 1.807) is 11.3 Å². The van der Waals surface area contributed by atoms with E-state index in [1.165, 1.54) is 5.01 Å². The van der Waals surface area contributed by atoms with Gasteiger partial charge >= 0.3 is 0 Å². The second kappa shape index (κ2) is 5.94. The first-order chi connectivity index (χ1) is 9.78. The lowest BCUT2D eigenvalue weighted by Gasteiger charge is -2.10. The summed E-state index contributed by atoms with van der Waals surface area (Å²) >= 11 is 1.70. The minimum atomic E-state index is -0.330. The Bertz CT molecular complexity index is 594. The number of benzene rings is 1. The number of rotatable bonds is 5. The Hall–Kier alpha value is -1.39. The zero-order chi connectivity index (χ0) is 13.9. The molecule has 4 heteroatoms. The lowest BCUT2D eigenvalue weighted by molar-refractivity contribution is 0.180. The Morgan fingerprint density at radius 2 is 2.35 bits per heavy atom. The summed E-state index contributed by atoms with van der Waals surface area (Å²) in [6.45, 7) is 2.67. The van der Waals surface area contributed by atoms with Gasteiger partial charge in [-0.15, -0.1) is 11.3 Å². The lowest BCUT2D eigenvalue weighted by Crippen LogP contribution is -1.99. The summed E-state index contributed by atoms with van der Waals surface area (Å²) in [5, 5.41) is 13.1. The molecule has 0 saturated carbocycles. The summed E-state index contributed by atoms with van der Waals surface area (Å²) in [5.41, 5.74) is 3.17. The molecule has 0 amide bonds. The van der Waals surface area contributed by atoms with Crippen LogP contribution < -0.4 is 4.74 Å². The molecule has 3 rings (SSSR count). The van der Waals surface area contributed by atoms with Crippen molar-refractivity contribution >= 4 is 11.3 Å². The van der Waals surface area contributed by atoms with E-state index in [4.69, 9.17) is 4.74 Å². The van der Waals surface area contributed by atoms with Crippen molar-refractivity contribution in [1.29, 1.82) is 0 Å². The van der Waals surface area contributed by atoms with E-state index in [0.29, 0.717) is 6.61 Å². The Morgan fingerprint density at radius 3 is 3.20 bits per heavy atom. The molecule has 3 nitrogen and oxygen atoms in total. The molecular weight excluding hydrogens is 270 g/mol. The van der Waals surface area contributed by atoms with Crippen molar-refractivity contribution in [2.24, 2.45) is 0 Å². The van der Waals surface area contributed by atoms with E-state index < -0.39 is 0 Å². The molecule has 1 aromatic carbocycles. The normalized spacial score (nSPS) is 17.2. The molecule has 0 radical (unpaired) electrons. The molecular formula is C16H19NO2S. The molecule has 106 valence electrons. The van der Waals surface area contributed by atoms with Crippen molar-refractivity contribution in [2.75, 3.05) is 0 Å². The van der Waals surface area contributed by atoms with Crippen LogP contribution in [0.2, 0.25) is 0 Å². The summed E-state index contributed by atoms with van der Waals surface area (Å²) in [5.74, 6) is 0.893. The van der Waals surface area contributed by atoms with E-state index in [2.05, 4.69) is 17.3 Å². The number of aliphatic hydroxyl groups excluding tert-OH is 1. The highest BCUT2D eigenvalue weighted by Gasteiger charge is 2.23. The third-order valence-electron chi connectivity index (χ3n) is 3.63. The SMILES string of the molecule is CCCc1nc(COc2cccc3c2CCC3O)cs1.